The highest BCUT2D eigenvalue weighted by Gasteiger charge is 2.31. The van der Waals surface area contributed by atoms with Crippen molar-refractivity contribution in [3.8, 4) is 0 Å². The molecule has 3 nitrogen and oxygen atoms in total. The molecule has 90 valence electrons. The van der Waals surface area contributed by atoms with Gasteiger partial charge in [-0.05, 0) is 40.2 Å². The Morgan fingerprint density at radius 2 is 2.25 bits per heavy atom. The van der Waals surface area contributed by atoms with Crippen LogP contribution < -0.4 is 0 Å². The van der Waals surface area contributed by atoms with E-state index in [2.05, 4.69) is 9.88 Å². The first-order valence-corrected chi connectivity index (χ1v) is 5.80. The van der Waals surface area contributed by atoms with Crippen LogP contribution in [0.2, 0.25) is 0 Å². The molecule has 1 aromatic heterocycles. The summed E-state index contributed by atoms with van der Waals surface area (Å²) in [4.78, 5) is 6.40. The fourth-order valence-corrected chi connectivity index (χ4v) is 2.23. The number of aryl methyl sites for hydroxylation is 2. The van der Waals surface area contributed by atoms with Crippen LogP contribution >= 0.6 is 0 Å². The Hall–Kier alpha value is -0.900. The van der Waals surface area contributed by atoms with Gasteiger partial charge in [-0.1, -0.05) is 0 Å². The minimum atomic E-state index is -1.06. The highest BCUT2D eigenvalue weighted by atomic mass is 19.1. The van der Waals surface area contributed by atoms with E-state index < -0.39 is 5.67 Å². The van der Waals surface area contributed by atoms with Crippen LogP contribution in [-0.2, 0) is 6.54 Å². The molecule has 0 saturated carbocycles. The molecule has 0 unspecified atom stereocenters. The molecule has 0 spiro atoms. The third-order valence-electron chi connectivity index (χ3n) is 3.16. The number of aromatic nitrogens is 1. The normalized spacial score (nSPS) is 27.2. The second-order valence-corrected chi connectivity index (χ2v) is 4.98. The van der Waals surface area contributed by atoms with Gasteiger partial charge in [0.25, 0.3) is 0 Å². The summed E-state index contributed by atoms with van der Waals surface area (Å²) in [6, 6.07) is 0. The third-order valence-corrected chi connectivity index (χ3v) is 3.16. The topological polar surface area (TPSA) is 29.3 Å². The lowest BCUT2D eigenvalue weighted by Gasteiger charge is -2.34. The summed E-state index contributed by atoms with van der Waals surface area (Å²) in [5.41, 5.74) is -0.135. The fraction of sp³-hybridized carbons (Fsp3) is 0.750. The fourth-order valence-electron chi connectivity index (χ4n) is 2.23. The Kier molecular flexibility index (Phi) is 3.02. The van der Waals surface area contributed by atoms with E-state index in [1.54, 1.807) is 6.92 Å². The number of oxazole rings is 1. The van der Waals surface area contributed by atoms with E-state index in [0.29, 0.717) is 25.4 Å². The molecular formula is C12H19FN2O. The molecule has 0 N–H and O–H groups in total. The molecule has 1 atom stereocenters. The van der Waals surface area contributed by atoms with Gasteiger partial charge < -0.3 is 4.42 Å². The molecule has 4 heteroatoms. The number of rotatable bonds is 2. The van der Waals surface area contributed by atoms with E-state index in [9.17, 15) is 4.39 Å². The van der Waals surface area contributed by atoms with Crippen LogP contribution in [0.25, 0.3) is 0 Å². The number of nitrogens with zero attached hydrogens (tertiary/aromatic N) is 2. The van der Waals surface area contributed by atoms with Crippen LogP contribution in [-0.4, -0.2) is 28.6 Å². The van der Waals surface area contributed by atoms with Crippen molar-refractivity contribution in [2.75, 3.05) is 13.1 Å². The van der Waals surface area contributed by atoms with Gasteiger partial charge in [-0.25, -0.2) is 9.37 Å². The van der Waals surface area contributed by atoms with Gasteiger partial charge in [-0.15, -0.1) is 0 Å². The van der Waals surface area contributed by atoms with E-state index >= 15 is 0 Å². The number of alkyl halides is 1. The van der Waals surface area contributed by atoms with Gasteiger partial charge in [0, 0.05) is 6.54 Å². The number of likely N-dealkylation sites (tertiary alicyclic amines) is 1. The zero-order chi connectivity index (χ0) is 11.8. The summed E-state index contributed by atoms with van der Waals surface area (Å²) < 4.78 is 19.3. The van der Waals surface area contributed by atoms with Crippen LogP contribution in [0.15, 0.2) is 4.42 Å². The molecule has 1 fully saturated rings. The SMILES string of the molecule is Cc1nc(CN2CCC[C@@](C)(F)C2)oc1C. The summed E-state index contributed by atoms with van der Waals surface area (Å²) in [6.45, 7) is 7.53. The molecule has 0 amide bonds. The van der Waals surface area contributed by atoms with Crippen molar-refractivity contribution < 1.29 is 8.81 Å². The Balaban J connectivity index is 1.99. The van der Waals surface area contributed by atoms with Crippen LogP contribution in [0.5, 0.6) is 0 Å². The molecule has 2 rings (SSSR count). The van der Waals surface area contributed by atoms with Crippen LogP contribution in [0, 0.1) is 13.8 Å². The largest absolute Gasteiger partial charge is 0.444 e. The van der Waals surface area contributed by atoms with Crippen molar-refractivity contribution in [1.82, 2.24) is 9.88 Å². The van der Waals surface area contributed by atoms with Gasteiger partial charge in [-0.2, -0.15) is 0 Å². The molecule has 16 heavy (non-hydrogen) atoms. The highest BCUT2D eigenvalue weighted by molar-refractivity contribution is 5.05. The predicted molar refractivity (Wildman–Crippen MR) is 60.0 cm³/mol. The van der Waals surface area contributed by atoms with Crippen molar-refractivity contribution in [1.29, 1.82) is 0 Å². The Morgan fingerprint density at radius 1 is 1.50 bits per heavy atom. The molecule has 1 saturated heterocycles. The molecule has 0 bridgehead atoms. The van der Waals surface area contributed by atoms with Gasteiger partial charge >= 0.3 is 0 Å². The molecule has 1 aliphatic heterocycles. The molecule has 1 aromatic rings. The number of halogens is 1. The van der Waals surface area contributed by atoms with Gasteiger partial charge in [0.05, 0.1) is 12.2 Å². The molecular weight excluding hydrogens is 207 g/mol. The standard InChI is InChI=1S/C12H19FN2O/c1-9-10(2)16-11(14-9)7-15-6-4-5-12(3,13)8-15/h4-8H2,1-3H3/t12-/m1/s1. The average Bonchev–Trinajstić information content (AvgIpc) is 2.43. The van der Waals surface area contributed by atoms with Crippen LogP contribution in [0.3, 0.4) is 0 Å². The first-order chi connectivity index (χ1) is 7.46. The highest BCUT2D eigenvalue weighted by Crippen LogP contribution is 2.25. The summed E-state index contributed by atoms with van der Waals surface area (Å²) in [5.74, 6) is 1.56. The van der Waals surface area contributed by atoms with Gasteiger partial charge in [-0.3, -0.25) is 4.90 Å². The van der Waals surface area contributed by atoms with Crippen molar-refractivity contribution in [2.24, 2.45) is 0 Å². The average molecular weight is 226 g/mol. The van der Waals surface area contributed by atoms with Crippen molar-refractivity contribution in [3.63, 3.8) is 0 Å². The first-order valence-electron chi connectivity index (χ1n) is 5.80. The third kappa shape index (κ3) is 2.61. The van der Waals surface area contributed by atoms with E-state index in [1.165, 1.54) is 0 Å². The minimum Gasteiger partial charge on any atom is -0.444 e. The molecule has 0 radical (unpaired) electrons. The summed E-state index contributed by atoms with van der Waals surface area (Å²) in [5, 5.41) is 0. The molecule has 2 heterocycles. The summed E-state index contributed by atoms with van der Waals surface area (Å²) >= 11 is 0. The number of piperidine rings is 1. The maximum atomic E-state index is 13.8. The maximum absolute atomic E-state index is 13.8. The van der Waals surface area contributed by atoms with E-state index in [-0.39, 0.29) is 0 Å². The second kappa shape index (κ2) is 4.17. The van der Waals surface area contributed by atoms with Gasteiger partial charge in [0.1, 0.15) is 11.4 Å². The quantitative estimate of drug-likeness (QED) is 0.776. The predicted octanol–water partition coefficient (Wildman–Crippen LogP) is 2.62. The second-order valence-electron chi connectivity index (χ2n) is 4.98. The van der Waals surface area contributed by atoms with Gasteiger partial charge in [0.15, 0.2) is 0 Å². The van der Waals surface area contributed by atoms with E-state index in [1.807, 2.05) is 13.8 Å². The maximum Gasteiger partial charge on any atom is 0.208 e. The first kappa shape index (κ1) is 11.6. The summed E-state index contributed by atoms with van der Waals surface area (Å²) in [6.07, 6.45) is 1.57. The smallest absolute Gasteiger partial charge is 0.208 e. The van der Waals surface area contributed by atoms with Crippen molar-refractivity contribution in [3.05, 3.63) is 17.3 Å². The van der Waals surface area contributed by atoms with Crippen molar-refractivity contribution >= 4 is 0 Å². The lowest BCUT2D eigenvalue weighted by Crippen LogP contribution is -2.42. The van der Waals surface area contributed by atoms with Crippen LogP contribution in [0.4, 0.5) is 4.39 Å². The Bertz CT molecular complexity index is 354. The number of hydrogen-bond donors (Lipinski definition) is 0. The zero-order valence-electron chi connectivity index (χ0n) is 10.2. The molecule has 0 aliphatic carbocycles. The summed E-state index contributed by atoms with van der Waals surface area (Å²) in [7, 11) is 0. The van der Waals surface area contributed by atoms with E-state index in [0.717, 1.165) is 24.4 Å². The molecule has 1 aliphatic rings. The van der Waals surface area contributed by atoms with E-state index in [4.69, 9.17) is 4.42 Å². The number of hydrogen-bond acceptors (Lipinski definition) is 3. The Morgan fingerprint density at radius 3 is 2.81 bits per heavy atom. The van der Waals surface area contributed by atoms with Gasteiger partial charge in [0.2, 0.25) is 5.89 Å². The minimum absolute atomic E-state index is 0.480. The monoisotopic (exact) mass is 226 g/mol. The Labute approximate surface area is 95.6 Å². The van der Waals surface area contributed by atoms with Crippen molar-refractivity contribution in [2.45, 2.75) is 45.8 Å². The zero-order valence-corrected chi connectivity index (χ0v) is 10.2. The molecule has 0 aromatic carbocycles. The lowest BCUT2D eigenvalue weighted by atomic mass is 9.97. The lowest BCUT2D eigenvalue weighted by molar-refractivity contribution is 0.0516. The van der Waals surface area contributed by atoms with Crippen LogP contribution in [0.1, 0.15) is 37.1 Å².